The average molecular weight is 528 g/mol. The summed E-state index contributed by atoms with van der Waals surface area (Å²) in [5, 5.41) is 14.5. The van der Waals surface area contributed by atoms with Gasteiger partial charge in [0.25, 0.3) is 11.8 Å². The van der Waals surface area contributed by atoms with Crippen LogP contribution in [-0.4, -0.2) is 60.9 Å². The standard InChI is InChI=1S/C25H23Cl2N5O4/c1-35-20-13-18(27)12-19(25(34)30-21-7-6-17(26)14-29-21)22(20)31-24(33)16-4-2-15(3-5-16)23(28)32-8-10-36-11-9-32/h2-7,12-14,28H,8-11H2,1H3,(H,31,33)(H,29,30,34). The maximum absolute atomic E-state index is 13.1. The predicted molar refractivity (Wildman–Crippen MR) is 139 cm³/mol. The summed E-state index contributed by atoms with van der Waals surface area (Å²) in [6.45, 7) is 2.45. The summed E-state index contributed by atoms with van der Waals surface area (Å²) >= 11 is 12.1. The molecule has 0 radical (unpaired) electrons. The molecule has 9 nitrogen and oxygen atoms in total. The van der Waals surface area contributed by atoms with Crippen LogP contribution in [0.15, 0.2) is 54.7 Å². The van der Waals surface area contributed by atoms with Crippen LogP contribution < -0.4 is 15.4 Å². The van der Waals surface area contributed by atoms with E-state index in [2.05, 4.69) is 15.6 Å². The van der Waals surface area contributed by atoms with E-state index < -0.39 is 11.8 Å². The van der Waals surface area contributed by atoms with Crippen molar-refractivity contribution >= 4 is 52.4 Å². The molecule has 11 heteroatoms. The molecule has 1 aliphatic rings. The first-order valence-electron chi connectivity index (χ1n) is 11.0. The maximum Gasteiger partial charge on any atom is 0.259 e. The molecule has 1 aliphatic heterocycles. The number of amides is 2. The second-order valence-electron chi connectivity index (χ2n) is 7.83. The van der Waals surface area contributed by atoms with E-state index in [1.807, 2.05) is 4.90 Å². The molecule has 0 bridgehead atoms. The molecule has 2 amide bonds. The van der Waals surface area contributed by atoms with Crippen molar-refractivity contribution in [1.82, 2.24) is 9.88 Å². The topological polar surface area (TPSA) is 117 Å². The van der Waals surface area contributed by atoms with Gasteiger partial charge in [0.15, 0.2) is 0 Å². The molecule has 2 aromatic carbocycles. The molecule has 3 aromatic rings. The Kier molecular flexibility index (Phi) is 8.04. The highest BCUT2D eigenvalue weighted by Crippen LogP contribution is 2.33. The van der Waals surface area contributed by atoms with Gasteiger partial charge in [-0.1, -0.05) is 35.3 Å². The lowest BCUT2D eigenvalue weighted by atomic mass is 10.1. The van der Waals surface area contributed by atoms with E-state index in [0.29, 0.717) is 48.3 Å². The van der Waals surface area contributed by atoms with Crippen molar-refractivity contribution in [1.29, 1.82) is 5.41 Å². The molecule has 0 saturated carbocycles. The minimum absolute atomic E-state index is 0.0927. The molecule has 1 fully saturated rings. The van der Waals surface area contributed by atoms with Crippen LogP contribution >= 0.6 is 23.2 Å². The third kappa shape index (κ3) is 5.93. The molecule has 0 unspecified atom stereocenters. The highest BCUT2D eigenvalue weighted by molar-refractivity contribution is 6.32. The zero-order chi connectivity index (χ0) is 25.7. The van der Waals surface area contributed by atoms with Gasteiger partial charge in [0.2, 0.25) is 0 Å². The van der Waals surface area contributed by atoms with Crippen LogP contribution in [-0.2, 0) is 4.74 Å². The molecule has 2 heterocycles. The van der Waals surface area contributed by atoms with E-state index in [4.69, 9.17) is 38.1 Å². The monoisotopic (exact) mass is 527 g/mol. The van der Waals surface area contributed by atoms with E-state index in [1.54, 1.807) is 36.4 Å². The number of nitrogens with one attached hydrogen (secondary N) is 3. The van der Waals surface area contributed by atoms with Crippen molar-refractivity contribution in [3.8, 4) is 5.75 Å². The third-order valence-corrected chi connectivity index (χ3v) is 5.93. The zero-order valence-electron chi connectivity index (χ0n) is 19.3. The second kappa shape index (κ2) is 11.4. The van der Waals surface area contributed by atoms with E-state index in [1.165, 1.54) is 25.4 Å². The van der Waals surface area contributed by atoms with Crippen molar-refractivity contribution in [2.45, 2.75) is 0 Å². The molecule has 36 heavy (non-hydrogen) atoms. The van der Waals surface area contributed by atoms with E-state index >= 15 is 0 Å². The van der Waals surface area contributed by atoms with Crippen LogP contribution in [0.4, 0.5) is 11.5 Å². The predicted octanol–water partition coefficient (Wildman–Crippen LogP) is 4.56. The molecular formula is C25H23Cl2N5O4. The van der Waals surface area contributed by atoms with Crippen LogP contribution in [0, 0.1) is 5.41 Å². The number of halogens is 2. The highest BCUT2D eigenvalue weighted by atomic mass is 35.5. The molecule has 186 valence electrons. The van der Waals surface area contributed by atoms with Crippen LogP contribution in [0.1, 0.15) is 26.3 Å². The SMILES string of the molecule is COc1cc(Cl)cc(C(=O)Nc2ccc(Cl)cn2)c1NC(=O)c1ccc(C(=N)N2CCOCC2)cc1. The Bertz CT molecular complexity index is 1280. The molecule has 0 spiro atoms. The third-order valence-electron chi connectivity index (χ3n) is 5.49. The van der Waals surface area contributed by atoms with Gasteiger partial charge in [-0.15, -0.1) is 0 Å². The number of amidine groups is 1. The number of carbonyl (C=O) groups excluding carboxylic acids is 2. The fourth-order valence-electron chi connectivity index (χ4n) is 3.62. The number of nitrogens with zero attached hydrogens (tertiary/aromatic N) is 2. The van der Waals surface area contributed by atoms with E-state index in [9.17, 15) is 9.59 Å². The first-order valence-corrected chi connectivity index (χ1v) is 11.7. The number of aromatic nitrogens is 1. The van der Waals surface area contributed by atoms with Crippen molar-refractivity contribution < 1.29 is 19.1 Å². The fourth-order valence-corrected chi connectivity index (χ4v) is 3.94. The number of carbonyl (C=O) groups is 2. The summed E-state index contributed by atoms with van der Waals surface area (Å²) in [5.41, 5.74) is 1.28. The largest absolute Gasteiger partial charge is 0.494 e. The molecule has 1 saturated heterocycles. The van der Waals surface area contributed by atoms with Gasteiger partial charge in [0, 0.05) is 41.5 Å². The number of anilines is 2. The van der Waals surface area contributed by atoms with Crippen molar-refractivity contribution in [2.24, 2.45) is 0 Å². The van der Waals surface area contributed by atoms with Crippen LogP contribution in [0.3, 0.4) is 0 Å². The Morgan fingerprint density at radius 2 is 1.67 bits per heavy atom. The number of hydrogen-bond donors (Lipinski definition) is 3. The lowest BCUT2D eigenvalue weighted by Crippen LogP contribution is -2.40. The second-order valence-corrected chi connectivity index (χ2v) is 8.70. The van der Waals surface area contributed by atoms with E-state index in [0.717, 1.165) is 0 Å². The maximum atomic E-state index is 13.1. The molecule has 0 atom stereocenters. The zero-order valence-corrected chi connectivity index (χ0v) is 20.8. The molecule has 4 rings (SSSR count). The number of methoxy groups -OCH3 is 1. The fraction of sp³-hybridized carbons (Fsp3) is 0.200. The Morgan fingerprint density at radius 1 is 0.972 bits per heavy atom. The summed E-state index contributed by atoms with van der Waals surface area (Å²) in [7, 11) is 1.41. The first kappa shape index (κ1) is 25.4. The van der Waals surface area contributed by atoms with Gasteiger partial charge < -0.3 is 25.0 Å². The minimum atomic E-state index is -0.546. The highest BCUT2D eigenvalue weighted by Gasteiger charge is 2.21. The summed E-state index contributed by atoms with van der Waals surface area (Å²) in [6.07, 6.45) is 1.40. The van der Waals surface area contributed by atoms with Gasteiger partial charge in [0.05, 0.1) is 36.6 Å². The summed E-state index contributed by atoms with van der Waals surface area (Å²) in [5.74, 6) is -0.136. The molecule has 1 aromatic heterocycles. The summed E-state index contributed by atoms with van der Waals surface area (Å²) in [4.78, 5) is 32.1. The van der Waals surface area contributed by atoms with Gasteiger partial charge in [-0.3, -0.25) is 15.0 Å². The average Bonchev–Trinajstić information content (AvgIpc) is 2.90. The lowest BCUT2D eigenvalue weighted by molar-refractivity contribution is 0.0680. The number of rotatable bonds is 6. The Balaban J connectivity index is 1.55. The van der Waals surface area contributed by atoms with Crippen molar-refractivity contribution in [3.05, 3.63) is 81.5 Å². The van der Waals surface area contributed by atoms with Gasteiger partial charge in [-0.05, 0) is 30.3 Å². The van der Waals surface area contributed by atoms with Gasteiger partial charge in [0.1, 0.15) is 17.4 Å². The van der Waals surface area contributed by atoms with Gasteiger partial charge in [-0.25, -0.2) is 4.98 Å². The smallest absolute Gasteiger partial charge is 0.259 e. The van der Waals surface area contributed by atoms with Crippen LogP contribution in [0.25, 0.3) is 0 Å². The Hall–Kier alpha value is -3.66. The van der Waals surface area contributed by atoms with Crippen LogP contribution in [0.5, 0.6) is 5.75 Å². The normalized spacial score (nSPS) is 13.1. The molecule has 3 N–H and O–H groups in total. The lowest BCUT2D eigenvalue weighted by Gasteiger charge is -2.29. The van der Waals surface area contributed by atoms with Crippen molar-refractivity contribution in [2.75, 3.05) is 44.0 Å². The minimum Gasteiger partial charge on any atom is -0.494 e. The Labute approximate surface area is 217 Å². The molecule has 0 aliphatic carbocycles. The summed E-state index contributed by atoms with van der Waals surface area (Å²) < 4.78 is 10.7. The summed E-state index contributed by atoms with van der Waals surface area (Å²) in [6, 6.07) is 12.7. The number of morpholine rings is 1. The Morgan fingerprint density at radius 3 is 2.31 bits per heavy atom. The van der Waals surface area contributed by atoms with Gasteiger partial charge in [-0.2, -0.15) is 0 Å². The number of ether oxygens (including phenoxy) is 2. The van der Waals surface area contributed by atoms with Gasteiger partial charge >= 0.3 is 0 Å². The number of benzene rings is 2. The number of hydrogen-bond acceptors (Lipinski definition) is 6. The van der Waals surface area contributed by atoms with Crippen molar-refractivity contribution in [3.63, 3.8) is 0 Å². The van der Waals surface area contributed by atoms with Crippen LogP contribution in [0.2, 0.25) is 10.0 Å². The number of pyridine rings is 1. The first-order chi connectivity index (χ1) is 17.4. The quantitative estimate of drug-likeness (QED) is 0.319. The van der Waals surface area contributed by atoms with E-state index in [-0.39, 0.29) is 27.8 Å². The molecular weight excluding hydrogens is 505 g/mol.